The van der Waals surface area contributed by atoms with Gasteiger partial charge in [0, 0.05) is 19.7 Å². The first-order chi connectivity index (χ1) is 11.8. The smallest absolute Gasteiger partial charge is 0.433 e. The molecule has 25 heavy (non-hydrogen) atoms. The van der Waals surface area contributed by atoms with Gasteiger partial charge in [0.2, 0.25) is 11.8 Å². The highest BCUT2D eigenvalue weighted by molar-refractivity contribution is 5.83. The monoisotopic (exact) mass is 357 g/mol. The van der Waals surface area contributed by atoms with Gasteiger partial charge in [0.25, 0.3) is 0 Å². The number of carbonyl (C=O) groups excluding carboxylic acids is 1. The van der Waals surface area contributed by atoms with Crippen molar-refractivity contribution in [3.8, 4) is 5.88 Å². The summed E-state index contributed by atoms with van der Waals surface area (Å²) in [7, 11) is 1.82. The predicted octanol–water partition coefficient (Wildman–Crippen LogP) is 2.42. The number of pyridine rings is 1. The molecule has 0 aromatic carbocycles. The van der Waals surface area contributed by atoms with E-state index in [2.05, 4.69) is 9.88 Å². The Balaban J connectivity index is 1.48. The van der Waals surface area contributed by atoms with Crippen molar-refractivity contribution >= 4 is 5.91 Å². The lowest BCUT2D eigenvalue weighted by Gasteiger charge is -2.34. The van der Waals surface area contributed by atoms with Gasteiger partial charge in [-0.15, -0.1) is 0 Å². The predicted molar refractivity (Wildman–Crippen MR) is 85.1 cm³/mol. The number of piperidine rings is 1. The van der Waals surface area contributed by atoms with Crippen molar-refractivity contribution < 1.29 is 22.7 Å². The Labute approximate surface area is 144 Å². The van der Waals surface area contributed by atoms with Crippen LogP contribution in [0.15, 0.2) is 18.2 Å². The quantitative estimate of drug-likeness (QED) is 0.830. The van der Waals surface area contributed by atoms with Gasteiger partial charge in [-0.2, -0.15) is 13.2 Å². The molecule has 2 aliphatic heterocycles. The van der Waals surface area contributed by atoms with Crippen LogP contribution in [0.3, 0.4) is 0 Å². The standard InChI is InChI=1S/C17H22F3N3O2/c1-22-8-7-13(16(22)24)23-9-5-12(6-10-23)11-25-15-4-2-3-14(21-15)17(18,19)20/h2-4,12-13H,5-11H2,1H3. The molecule has 8 heteroatoms. The van der Waals surface area contributed by atoms with Crippen LogP contribution in [0.4, 0.5) is 13.2 Å². The van der Waals surface area contributed by atoms with Gasteiger partial charge in [0.05, 0.1) is 12.6 Å². The molecule has 1 aromatic heterocycles. The van der Waals surface area contributed by atoms with Gasteiger partial charge in [0.15, 0.2) is 0 Å². The van der Waals surface area contributed by atoms with E-state index in [1.54, 1.807) is 4.90 Å². The fourth-order valence-corrected chi connectivity index (χ4v) is 3.43. The highest BCUT2D eigenvalue weighted by atomic mass is 19.4. The number of halogens is 3. The molecule has 5 nitrogen and oxygen atoms in total. The molecule has 3 heterocycles. The fourth-order valence-electron chi connectivity index (χ4n) is 3.43. The second kappa shape index (κ2) is 7.19. The largest absolute Gasteiger partial charge is 0.477 e. The summed E-state index contributed by atoms with van der Waals surface area (Å²) in [6, 6.07) is 3.66. The Morgan fingerprint density at radius 1 is 1.20 bits per heavy atom. The molecule has 0 spiro atoms. The van der Waals surface area contributed by atoms with E-state index in [-0.39, 0.29) is 23.7 Å². The minimum absolute atomic E-state index is 0.00449. The first-order valence-electron chi connectivity index (χ1n) is 8.50. The summed E-state index contributed by atoms with van der Waals surface area (Å²) < 4.78 is 43.5. The number of ether oxygens (including phenoxy) is 1. The van der Waals surface area contributed by atoms with Crippen LogP contribution < -0.4 is 4.74 Å². The number of rotatable bonds is 4. The van der Waals surface area contributed by atoms with Crippen LogP contribution in [0.2, 0.25) is 0 Å². The lowest BCUT2D eigenvalue weighted by atomic mass is 9.96. The van der Waals surface area contributed by atoms with Crippen LogP contribution in [0.25, 0.3) is 0 Å². The maximum atomic E-state index is 12.7. The Morgan fingerprint density at radius 3 is 2.52 bits per heavy atom. The summed E-state index contributed by atoms with van der Waals surface area (Å²) in [6.07, 6.45) is -1.87. The lowest BCUT2D eigenvalue weighted by molar-refractivity contribution is -0.141. The van der Waals surface area contributed by atoms with E-state index in [9.17, 15) is 18.0 Å². The van der Waals surface area contributed by atoms with Crippen molar-refractivity contribution in [3.63, 3.8) is 0 Å². The zero-order valence-corrected chi connectivity index (χ0v) is 14.1. The maximum absolute atomic E-state index is 12.7. The molecule has 3 rings (SSSR count). The highest BCUT2D eigenvalue weighted by Crippen LogP contribution is 2.29. The zero-order chi connectivity index (χ0) is 18.0. The van der Waals surface area contributed by atoms with E-state index in [1.807, 2.05) is 7.05 Å². The van der Waals surface area contributed by atoms with Gasteiger partial charge in [-0.25, -0.2) is 4.98 Å². The van der Waals surface area contributed by atoms with Crippen LogP contribution >= 0.6 is 0 Å². The van der Waals surface area contributed by atoms with Gasteiger partial charge < -0.3 is 9.64 Å². The molecule has 2 saturated heterocycles. The van der Waals surface area contributed by atoms with E-state index in [4.69, 9.17) is 4.74 Å². The van der Waals surface area contributed by atoms with E-state index in [0.717, 1.165) is 45.0 Å². The third-order valence-electron chi connectivity index (χ3n) is 4.97. The summed E-state index contributed by atoms with van der Waals surface area (Å²) >= 11 is 0. The molecular weight excluding hydrogens is 335 g/mol. The van der Waals surface area contributed by atoms with Gasteiger partial charge in [-0.05, 0) is 44.3 Å². The SMILES string of the molecule is CN1CCC(N2CCC(COc3cccc(C(F)(F)F)n3)CC2)C1=O. The van der Waals surface area contributed by atoms with Crippen molar-refractivity contribution in [3.05, 3.63) is 23.9 Å². The van der Waals surface area contributed by atoms with E-state index in [0.29, 0.717) is 6.61 Å². The van der Waals surface area contributed by atoms with Gasteiger partial charge >= 0.3 is 6.18 Å². The fraction of sp³-hybridized carbons (Fsp3) is 0.647. The average molecular weight is 357 g/mol. The van der Waals surface area contributed by atoms with Crippen LogP contribution in [-0.4, -0.2) is 60.0 Å². The minimum Gasteiger partial charge on any atom is -0.477 e. The Hall–Kier alpha value is -1.83. The third-order valence-corrected chi connectivity index (χ3v) is 4.97. The number of likely N-dealkylation sites (N-methyl/N-ethyl adjacent to an activating group) is 1. The molecule has 1 atom stereocenters. The summed E-state index contributed by atoms with van der Waals surface area (Å²) in [4.78, 5) is 19.6. The van der Waals surface area contributed by atoms with Crippen LogP contribution in [-0.2, 0) is 11.0 Å². The van der Waals surface area contributed by atoms with Crippen LogP contribution in [0, 0.1) is 5.92 Å². The van der Waals surface area contributed by atoms with E-state index in [1.165, 1.54) is 12.1 Å². The molecule has 1 amide bonds. The van der Waals surface area contributed by atoms with Crippen LogP contribution in [0.1, 0.15) is 25.0 Å². The first-order valence-corrected chi connectivity index (χ1v) is 8.50. The molecule has 2 aliphatic rings. The number of hydrogen-bond donors (Lipinski definition) is 0. The second-order valence-corrected chi connectivity index (χ2v) is 6.71. The summed E-state index contributed by atoms with van der Waals surface area (Å²) in [5, 5.41) is 0. The number of likely N-dealkylation sites (tertiary alicyclic amines) is 2. The molecule has 0 bridgehead atoms. The second-order valence-electron chi connectivity index (χ2n) is 6.71. The number of hydrogen-bond acceptors (Lipinski definition) is 4. The molecule has 0 saturated carbocycles. The lowest BCUT2D eigenvalue weighted by Crippen LogP contribution is -2.45. The summed E-state index contributed by atoms with van der Waals surface area (Å²) in [5.74, 6) is 0.453. The first kappa shape index (κ1) is 18.0. The molecule has 2 fully saturated rings. The highest BCUT2D eigenvalue weighted by Gasteiger charge is 2.36. The van der Waals surface area contributed by atoms with Crippen LogP contribution in [0.5, 0.6) is 5.88 Å². The molecule has 1 unspecified atom stereocenters. The number of aromatic nitrogens is 1. The molecule has 0 radical (unpaired) electrons. The molecular formula is C17H22F3N3O2. The number of carbonyl (C=O) groups is 1. The molecule has 0 aliphatic carbocycles. The van der Waals surface area contributed by atoms with Crippen molar-refractivity contribution in [2.75, 3.05) is 33.3 Å². The van der Waals surface area contributed by atoms with Gasteiger partial charge in [0.1, 0.15) is 5.69 Å². The molecule has 138 valence electrons. The van der Waals surface area contributed by atoms with Crippen molar-refractivity contribution in [1.82, 2.24) is 14.8 Å². The molecule has 0 N–H and O–H groups in total. The van der Waals surface area contributed by atoms with Gasteiger partial charge in [-0.3, -0.25) is 9.69 Å². The van der Waals surface area contributed by atoms with E-state index >= 15 is 0 Å². The van der Waals surface area contributed by atoms with E-state index < -0.39 is 11.9 Å². The number of amides is 1. The van der Waals surface area contributed by atoms with Crippen molar-refractivity contribution in [2.24, 2.45) is 5.92 Å². The Morgan fingerprint density at radius 2 is 1.92 bits per heavy atom. The zero-order valence-electron chi connectivity index (χ0n) is 14.1. The third kappa shape index (κ3) is 4.23. The van der Waals surface area contributed by atoms with Crippen molar-refractivity contribution in [2.45, 2.75) is 31.5 Å². The normalized spacial score (nSPS) is 23.3. The summed E-state index contributed by atoms with van der Waals surface area (Å²) in [5.41, 5.74) is -0.941. The average Bonchev–Trinajstić information content (AvgIpc) is 2.92. The van der Waals surface area contributed by atoms with Gasteiger partial charge in [-0.1, -0.05) is 6.07 Å². The Bertz CT molecular complexity index is 615. The Kier molecular flexibility index (Phi) is 5.17. The summed E-state index contributed by atoms with van der Waals surface area (Å²) in [6.45, 7) is 2.77. The van der Waals surface area contributed by atoms with Crippen molar-refractivity contribution in [1.29, 1.82) is 0 Å². The number of alkyl halides is 3. The molecule has 1 aromatic rings. The topological polar surface area (TPSA) is 45.7 Å². The number of nitrogens with zero attached hydrogens (tertiary/aromatic N) is 3. The minimum atomic E-state index is -4.47. The maximum Gasteiger partial charge on any atom is 0.433 e.